The van der Waals surface area contributed by atoms with Gasteiger partial charge in [0.15, 0.2) is 0 Å². The summed E-state index contributed by atoms with van der Waals surface area (Å²) in [7, 11) is 0. The molecule has 2 heteroatoms. The molecule has 0 saturated carbocycles. The molecule has 0 aliphatic rings. The first-order valence-corrected chi connectivity index (χ1v) is 9.42. The third-order valence-corrected chi connectivity index (χ3v) is 5.02. The molecule has 0 bridgehead atoms. The molecule has 0 fully saturated rings. The highest BCUT2D eigenvalue weighted by Crippen LogP contribution is 2.29. The van der Waals surface area contributed by atoms with Crippen LogP contribution in [0.25, 0.3) is 22.3 Å². The van der Waals surface area contributed by atoms with Gasteiger partial charge in [-0.05, 0) is 71.4 Å². The van der Waals surface area contributed by atoms with Crippen molar-refractivity contribution in [3.63, 3.8) is 0 Å². The Bertz CT molecular complexity index is 1020. The minimum Gasteiger partial charge on any atom is -0.206 e. The Hall–Kier alpha value is -3.00. The van der Waals surface area contributed by atoms with Crippen molar-refractivity contribution in [1.29, 1.82) is 0 Å². The van der Waals surface area contributed by atoms with E-state index in [1.807, 2.05) is 37.3 Å². The molecule has 0 radical (unpaired) electrons. The predicted molar refractivity (Wildman–Crippen MR) is 115 cm³/mol. The Balaban J connectivity index is 1.88. The van der Waals surface area contributed by atoms with Crippen LogP contribution in [0.5, 0.6) is 0 Å². The van der Waals surface area contributed by atoms with Gasteiger partial charge in [-0.25, -0.2) is 8.78 Å². The lowest BCUT2D eigenvalue weighted by atomic mass is 9.96. The van der Waals surface area contributed by atoms with E-state index in [2.05, 4.69) is 32.6 Å². The average Bonchev–Trinajstić information content (AvgIpc) is 2.68. The molecule has 3 rings (SSSR count). The Morgan fingerprint density at radius 3 is 2.14 bits per heavy atom. The number of rotatable bonds is 5. The Morgan fingerprint density at radius 1 is 0.964 bits per heavy atom. The Labute approximate surface area is 165 Å². The summed E-state index contributed by atoms with van der Waals surface area (Å²) in [4.78, 5) is 0. The second-order valence-corrected chi connectivity index (χ2v) is 7.03. The summed E-state index contributed by atoms with van der Waals surface area (Å²) >= 11 is 0. The maximum Gasteiger partial charge on any atom is 0.134 e. The SMILES string of the molecule is C=C(/C=C(/C)c1ccccc1C)c1ccc(-c2c(F)cc(CC)cc2F)cc1. The number of benzene rings is 3. The average molecular weight is 374 g/mol. The van der Waals surface area contributed by atoms with Crippen molar-refractivity contribution in [1.82, 2.24) is 0 Å². The normalized spacial score (nSPS) is 11.5. The number of halogens is 2. The van der Waals surface area contributed by atoms with E-state index < -0.39 is 11.6 Å². The molecule has 3 aromatic carbocycles. The van der Waals surface area contributed by atoms with Crippen LogP contribution in [0, 0.1) is 18.6 Å². The second kappa shape index (κ2) is 8.35. The van der Waals surface area contributed by atoms with Crippen molar-refractivity contribution in [3.8, 4) is 11.1 Å². The lowest BCUT2D eigenvalue weighted by Crippen LogP contribution is -1.94. The van der Waals surface area contributed by atoms with Gasteiger partial charge in [-0.3, -0.25) is 0 Å². The zero-order chi connectivity index (χ0) is 20.3. The smallest absolute Gasteiger partial charge is 0.134 e. The van der Waals surface area contributed by atoms with Gasteiger partial charge in [-0.15, -0.1) is 0 Å². The predicted octanol–water partition coefficient (Wildman–Crippen LogP) is 7.62. The molecule has 0 saturated heterocycles. The molecule has 0 aromatic heterocycles. The van der Waals surface area contributed by atoms with Crippen molar-refractivity contribution in [2.24, 2.45) is 0 Å². The highest BCUT2D eigenvalue weighted by atomic mass is 19.1. The van der Waals surface area contributed by atoms with E-state index in [0.717, 1.165) is 16.7 Å². The Kier molecular flexibility index (Phi) is 5.89. The van der Waals surface area contributed by atoms with Gasteiger partial charge in [0.05, 0.1) is 5.56 Å². The highest BCUT2D eigenvalue weighted by Gasteiger charge is 2.13. The molecule has 3 aromatic rings. The molecule has 0 aliphatic carbocycles. The molecule has 28 heavy (non-hydrogen) atoms. The first-order chi connectivity index (χ1) is 13.4. The number of allylic oxidation sites excluding steroid dienone is 3. The molecule has 0 amide bonds. The van der Waals surface area contributed by atoms with Crippen molar-refractivity contribution in [3.05, 3.63) is 107 Å². The van der Waals surface area contributed by atoms with Gasteiger partial charge in [0.25, 0.3) is 0 Å². The quantitative estimate of drug-likeness (QED) is 0.403. The summed E-state index contributed by atoms with van der Waals surface area (Å²) in [5.41, 5.74) is 6.48. The first kappa shape index (κ1) is 19.8. The summed E-state index contributed by atoms with van der Waals surface area (Å²) in [5.74, 6) is -1.06. The minimum absolute atomic E-state index is 0.0148. The first-order valence-electron chi connectivity index (χ1n) is 9.42. The van der Waals surface area contributed by atoms with E-state index in [1.165, 1.54) is 23.3 Å². The van der Waals surface area contributed by atoms with Gasteiger partial charge >= 0.3 is 0 Å². The van der Waals surface area contributed by atoms with Crippen LogP contribution in [0.2, 0.25) is 0 Å². The fourth-order valence-electron chi connectivity index (χ4n) is 3.39. The highest BCUT2D eigenvalue weighted by molar-refractivity contribution is 5.83. The van der Waals surface area contributed by atoms with Gasteiger partial charge in [-0.1, -0.05) is 68.1 Å². The number of hydrogen-bond acceptors (Lipinski definition) is 0. The van der Waals surface area contributed by atoms with Crippen LogP contribution < -0.4 is 0 Å². The summed E-state index contributed by atoms with van der Waals surface area (Å²) in [6, 6.07) is 18.2. The fraction of sp³-hybridized carbons (Fsp3) is 0.154. The van der Waals surface area contributed by atoms with Crippen LogP contribution in [0.15, 0.2) is 73.3 Å². The molecule has 0 heterocycles. The van der Waals surface area contributed by atoms with E-state index in [-0.39, 0.29) is 5.56 Å². The molecular formula is C26H24F2. The molecule has 0 spiro atoms. The van der Waals surface area contributed by atoms with Gasteiger partial charge in [0.2, 0.25) is 0 Å². The van der Waals surface area contributed by atoms with Crippen LogP contribution >= 0.6 is 0 Å². The summed E-state index contributed by atoms with van der Waals surface area (Å²) in [6.45, 7) is 10.2. The zero-order valence-corrected chi connectivity index (χ0v) is 16.5. The molecule has 0 unspecified atom stereocenters. The van der Waals surface area contributed by atoms with Gasteiger partial charge in [0, 0.05) is 0 Å². The van der Waals surface area contributed by atoms with Crippen LogP contribution in [0.3, 0.4) is 0 Å². The second-order valence-electron chi connectivity index (χ2n) is 7.03. The minimum atomic E-state index is -0.529. The molecular weight excluding hydrogens is 350 g/mol. The maximum atomic E-state index is 14.4. The summed E-state index contributed by atoms with van der Waals surface area (Å²) < 4.78 is 28.7. The third-order valence-electron chi connectivity index (χ3n) is 5.02. The van der Waals surface area contributed by atoms with Crippen molar-refractivity contribution in [2.75, 3.05) is 0 Å². The van der Waals surface area contributed by atoms with Crippen molar-refractivity contribution < 1.29 is 8.78 Å². The number of hydrogen-bond donors (Lipinski definition) is 0. The van der Waals surface area contributed by atoms with E-state index in [9.17, 15) is 8.78 Å². The van der Waals surface area contributed by atoms with E-state index in [0.29, 0.717) is 17.5 Å². The molecule has 0 atom stereocenters. The topological polar surface area (TPSA) is 0 Å². The monoisotopic (exact) mass is 374 g/mol. The fourth-order valence-corrected chi connectivity index (χ4v) is 3.39. The van der Waals surface area contributed by atoms with Gasteiger partial charge in [-0.2, -0.15) is 0 Å². The standard InChI is InChI=1S/C26H24F2/c1-5-20-15-24(27)26(25(28)16-20)22-12-10-21(11-13-22)18(3)14-19(4)23-9-7-6-8-17(23)2/h6-16H,3,5H2,1-2,4H3/b19-14-. The van der Waals surface area contributed by atoms with E-state index >= 15 is 0 Å². The molecule has 0 N–H and O–H groups in total. The molecule has 0 aliphatic heterocycles. The molecule has 142 valence electrons. The lowest BCUT2D eigenvalue weighted by Gasteiger charge is -2.10. The van der Waals surface area contributed by atoms with Gasteiger partial charge in [0.1, 0.15) is 11.6 Å². The van der Waals surface area contributed by atoms with Crippen LogP contribution in [-0.2, 0) is 6.42 Å². The van der Waals surface area contributed by atoms with Crippen molar-refractivity contribution in [2.45, 2.75) is 27.2 Å². The van der Waals surface area contributed by atoms with Crippen molar-refractivity contribution >= 4 is 11.1 Å². The summed E-state index contributed by atoms with van der Waals surface area (Å²) in [5, 5.41) is 0. The number of aryl methyl sites for hydroxylation is 2. The molecule has 0 nitrogen and oxygen atoms in total. The largest absolute Gasteiger partial charge is 0.206 e. The van der Waals surface area contributed by atoms with Crippen LogP contribution in [0.1, 0.15) is 36.1 Å². The van der Waals surface area contributed by atoms with E-state index in [1.54, 1.807) is 12.1 Å². The zero-order valence-electron chi connectivity index (χ0n) is 16.5. The van der Waals surface area contributed by atoms with Crippen LogP contribution in [0.4, 0.5) is 8.78 Å². The third kappa shape index (κ3) is 4.12. The van der Waals surface area contributed by atoms with Crippen LogP contribution in [-0.4, -0.2) is 0 Å². The maximum absolute atomic E-state index is 14.4. The van der Waals surface area contributed by atoms with Gasteiger partial charge < -0.3 is 0 Å². The lowest BCUT2D eigenvalue weighted by molar-refractivity contribution is 0.586. The Morgan fingerprint density at radius 2 is 1.57 bits per heavy atom. The summed E-state index contributed by atoms with van der Waals surface area (Å²) in [6.07, 6.45) is 2.63. The van der Waals surface area contributed by atoms with E-state index in [4.69, 9.17) is 0 Å².